The molecule has 0 aliphatic rings. The molecular weight excluding hydrogens is 318 g/mol. The van der Waals surface area contributed by atoms with E-state index in [1.54, 1.807) is 37.4 Å². The molecule has 1 N–H and O–H groups in total. The van der Waals surface area contributed by atoms with Gasteiger partial charge in [-0.05, 0) is 42.8 Å². The highest BCUT2D eigenvalue weighted by atomic mass is 32.2. The van der Waals surface area contributed by atoms with Crippen molar-refractivity contribution in [2.75, 3.05) is 26.1 Å². The fraction of sp³-hybridized carbons (Fsp3) is 0.250. The SMILES string of the molecule is COc1ccc(NS(=O)(=O)c2cc(OC)c(C)cc2OC)cc1. The van der Waals surface area contributed by atoms with Gasteiger partial charge in [0.2, 0.25) is 0 Å². The molecule has 0 atom stereocenters. The number of methoxy groups -OCH3 is 3. The number of rotatable bonds is 6. The molecule has 0 fully saturated rings. The Labute approximate surface area is 136 Å². The third-order valence-corrected chi connectivity index (χ3v) is 4.72. The standard InChI is InChI=1S/C16H19NO5S/c1-11-9-15(22-4)16(10-14(11)21-3)23(18,19)17-12-5-7-13(20-2)8-6-12/h5-10,17H,1-4H3. The summed E-state index contributed by atoms with van der Waals surface area (Å²) < 4.78 is 43.2. The number of benzene rings is 2. The highest BCUT2D eigenvalue weighted by molar-refractivity contribution is 7.92. The summed E-state index contributed by atoms with van der Waals surface area (Å²) in [6, 6.07) is 9.65. The minimum Gasteiger partial charge on any atom is -0.497 e. The molecule has 23 heavy (non-hydrogen) atoms. The van der Waals surface area contributed by atoms with E-state index in [2.05, 4.69) is 4.72 Å². The molecule has 0 radical (unpaired) electrons. The Morgan fingerprint density at radius 2 is 1.48 bits per heavy atom. The maximum Gasteiger partial charge on any atom is 0.265 e. The lowest BCUT2D eigenvalue weighted by molar-refractivity contribution is 0.390. The van der Waals surface area contributed by atoms with Crippen LogP contribution in [0.25, 0.3) is 0 Å². The molecule has 0 aliphatic heterocycles. The van der Waals surface area contributed by atoms with Gasteiger partial charge in [0.1, 0.15) is 22.1 Å². The summed E-state index contributed by atoms with van der Waals surface area (Å²) in [5, 5.41) is 0. The fourth-order valence-corrected chi connectivity index (χ4v) is 3.33. The summed E-state index contributed by atoms with van der Waals surface area (Å²) in [6.07, 6.45) is 0. The van der Waals surface area contributed by atoms with Crippen LogP contribution in [0.3, 0.4) is 0 Å². The first-order valence-corrected chi connectivity index (χ1v) is 8.29. The minimum atomic E-state index is -3.82. The third kappa shape index (κ3) is 3.68. The van der Waals surface area contributed by atoms with Crippen molar-refractivity contribution in [3.05, 3.63) is 42.0 Å². The van der Waals surface area contributed by atoms with E-state index >= 15 is 0 Å². The van der Waals surface area contributed by atoms with Gasteiger partial charge in [-0.1, -0.05) is 0 Å². The zero-order valence-corrected chi connectivity index (χ0v) is 14.2. The molecule has 0 aliphatic carbocycles. The zero-order chi connectivity index (χ0) is 17.0. The van der Waals surface area contributed by atoms with E-state index in [0.29, 0.717) is 17.2 Å². The minimum absolute atomic E-state index is 0.0123. The van der Waals surface area contributed by atoms with E-state index in [4.69, 9.17) is 14.2 Å². The summed E-state index contributed by atoms with van der Waals surface area (Å²) in [5.74, 6) is 1.37. The monoisotopic (exact) mass is 337 g/mol. The van der Waals surface area contributed by atoms with Gasteiger partial charge in [0, 0.05) is 11.8 Å². The van der Waals surface area contributed by atoms with Crippen LogP contribution in [0.1, 0.15) is 5.56 Å². The van der Waals surface area contributed by atoms with Crippen LogP contribution in [0.4, 0.5) is 5.69 Å². The molecule has 6 nitrogen and oxygen atoms in total. The van der Waals surface area contributed by atoms with Gasteiger partial charge in [-0.3, -0.25) is 4.72 Å². The van der Waals surface area contributed by atoms with Crippen LogP contribution in [0.5, 0.6) is 17.2 Å². The highest BCUT2D eigenvalue weighted by Crippen LogP contribution is 2.32. The van der Waals surface area contributed by atoms with Crippen LogP contribution in [0, 0.1) is 6.92 Å². The molecule has 0 saturated heterocycles. The first kappa shape index (κ1) is 17.0. The first-order chi connectivity index (χ1) is 10.9. The maximum absolute atomic E-state index is 12.6. The summed E-state index contributed by atoms with van der Waals surface area (Å²) >= 11 is 0. The predicted octanol–water partition coefficient (Wildman–Crippen LogP) is 2.82. The van der Waals surface area contributed by atoms with Crippen molar-refractivity contribution < 1.29 is 22.6 Å². The van der Waals surface area contributed by atoms with Crippen LogP contribution in [-0.4, -0.2) is 29.7 Å². The molecule has 2 aromatic carbocycles. The molecule has 0 heterocycles. The Morgan fingerprint density at radius 1 is 0.870 bits per heavy atom. The molecule has 7 heteroatoms. The lowest BCUT2D eigenvalue weighted by Crippen LogP contribution is -2.14. The van der Waals surface area contributed by atoms with Gasteiger partial charge in [0.15, 0.2) is 0 Å². The molecule has 0 bridgehead atoms. The van der Waals surface area contributed by atoms with Gasteiger partial charge in [0.05, 0.1) is 21.3 Å². The molecule has 0 saturated carbocycles. The maximum atomic E-state index is 12.6. The van der Waals surface area contributed by atoms with Crippen molar-refractivity contribution >= 4 is 15.7 Å². The smallest absolute Gasteiger partial charge is 0.265 e. The van der Waals surface area contributed by atoms with Crippen molar-refractivity contribution in [2.45, 2.75) is 11.8 Å². The molecule has 2 aromatic rings. The molecule has 0 aromatic heterocycles. The van der Waals surface area contributed by atoms with Crippen molar-refractivity contribution in [2.24, 2.45) is 0 Å². The highest BCUT2D eigenvalue weighted by Gasteiger charge is 2.22. The Bertz CT molecular complexity index is 785. The van der Waals surface area contributed by atoms with E-state index in [-0.39, 0.29) is 10.6 Å². The van der Waals surface area contributed by atoms with E-state index in [1.165, 1.54) is 20.3 Å². The van der Waals surface area contributed by atoms with Crippen LogP contribution in [0.2, 0.25) is 0 Å². The van der Waals surface area contributed by atoms with Crippen LogP contribution >= 0.6 is 0 Å². The van der Waals surface area contributed by atoms with E-state index in [0.717, 1.165) is 5.56 Å². The summed E-state index contributed by atoms with van der Waals surface area (Å²) in [4.78, 5) is 0.0123. The summed E-state index contributed by atoms with van der Waals surface area (Å²) in [7, 11) is 0.636. The van der Waals surface area contributed by atoms with E-state index in [9.17, 15) is 8.42 Å². The molecule has 124 valence electrons. The van der Waals surface area contributed by atoms with E-state index in [1.807, 2.05) is 6.92 Å². The van der Waals surface area contributed by atoms with Gasteiger partial charge < -0.3 is 14.2 Å². The number of hydrogen-bond acceptors (Lipinski definition) is 5. The largest absolute Gasteiger partial charge is 0.497 e. The second kappa shape index (κ2) is 6.78. The number of hydrogen-bond donors (Lipinski definition) is 1. The Morgan fingerprint density at radius 3 is 2.00 bits per heavy atom. The summed E-state index contributed by atoms with van der Waals surface area (Å²) in [5.41, 5.74) is 1.21. The lowest BCUT2D eigenvalue weighted by atomic mass is 10.2. The molecule has 2 rings (SSSR count). The first-order valence-electron chi connectivity index (χ1n) is 6.80. The zero-order valence-electron chi connectivity index (χ0n) is 13.4. The van der Waals surface area contributed by atoms with Gasteiger partial charge in [-0.15, -0.1) is 0 Å². The molecular formula is C16H19NO5S. The lowest BCUT2D eigenvalue weighted by Gasteiger charge is -2.14. The van der Waals surface area contributed by atoms with Crippen LogP contribution in [-0.2, 0) is 10.0 Å². The molecule has 0 spiro atoms. The number of aryl methyl sites for hydroxylation is 1. The van der Waals surface area contributed by atoms with Gasteiger partial charge in [-0.2, -0.15) is 0 Å². The quantitative estimate of drug-likeness (QED) is 0.877. The Hall–Kier alpha value is -2.41. The Balaban J connectivity index is 2.41. The Kier molecular flexibility index (Phi) is 5.00. The number of ether oxygens (including phenoxy) is 3. The van der Waals surface area contributed by atoms with Crippen molar-refractivity contribution in [1.29, 1.82) is 0 Å². The van der Waals surface area contributed by atoms with Gasteiger partial charge >= 0.3 is 0 Å². The van der Waals surface area contributed by atoms with E-state index < -0.39 is 10.0 Å². The number of sulfonamides is 1. The number of nitrogens with one attached hydrogen (secondary N) is 1. The second-order valence-corrected chi connectivity index (χ2v) is 6.46. The predicted molar refractivity (Wildman–Crippen MR) is 88.1 cm³/mol. The second-order valence-electron chi connectivity index (χ2n) is 4.81. The van der Waals surface area contributed by atoms with Crippen molar-refractivity contribution in [3.63, 3.8) is 0 Å². The number of anilines is 1. The topological polar surface area (TPSA) is 73.9 Å². The summed E-state index contributed by atoms with van der Waals surface area (Å²) in [6.45, 7) is 1.81. The molecule has 0 unspecified atom stereocenters. The van der Waals surface area contributed by atoms with Gasteiger partial charge in [0.25, 0.3) is 10.0 Å². The van der Waals surface area contributed by atoms with Gasteiger partial charge in [-0.25, -0.2) is 8.42 Å². The van der Waals surface area contributed by atoms with Crippen molar-refractivity contribution in [1.82, 2.24) is 0 Å². The van der Waals surface area contributed by atoms with Crippen molar-refractivity contribution in [3.8, 4) is 17.2 Å². The van der Waals surface area contributed by atoms with Crippen LogP contribution < -0.4 is 18.9 Å². The fourth-order valence-electron chi connectivity index (χ4n) is 2.10. The molecule has 0 amide bonds. The average molecular weight is 337 g/mol. The third-order valence-electron chi connectivity index (χ3n) is 3.31. The average Bonchev–Trinajstić information content (AvgIpc) is 2.54. The normalized spacial score (nSPS) is 11.0. The van der Waals surface area contributed by atoms with Crippen LogP contribution in [0.15, 0.2) is 41.3 Å².